The fourth-order valence-corrected chi connectivity index (χ4v) is 5.71. The van der Waals surface area contributed by atoms with E-state index in [-0.39, 0.29) is 23.4 Å². The zero-order chi connectivity index (χ0) is 13.9. The molecule has 110 valence electrons. The Morgan fingerprint density at radius 1 is 1.05 bits per heavy atom. The molecule has 0 aromatic carbocycles. The summed E-state index contributed by atoms with van der Waals surface area (Å²) in [7, 11) is 0. The van der Waals surface area contributed by atoms with Gasteiger partial charge in [-0.1, -0.05) is 6.92 Å². The number of urea groups is 1. The highest BCUT2D eigenvalue weighted by Crippen LogP contribution is 2.58. The smallest absolute Gasteiger partial charge is 0.324 e. The lowest BCUT2D eigenvalue weighted by Crippen LogP contribution is -2.64. The molecule has 0 aromatic rings. The molecule has 0 spiro atoms. The fourth-order valence-electron chi connectivity index (χ4n) is 5.71. The molecule has 4 heteroatoms. The maximum Gasteiger partial charge on any atom is 0.324 e. The van der Waals surface area contributed by atoms with Gasteiger partial charge in [0.2, 0.25) is 5.91 Å². The van der Waals surface area contributed by atoms with Crippen molar-refractivity contribution in [1.29, 1.82) is 0 Å². The Labute approximate surface area is 120 Å². The second-order valence-corrected chi connectivity index (χ2v) is 7.74. The standard InChI is InChI=1S/C16H24N2O2/c1-10-2-3-17-15(20)18(14(10)19)16-7-11-4-12(8-16)6-13(5-11)9-16/h10-13H,2-9H2,1H3,(H,17,20). The van der Waals surface area contributed by atoms with Crippen molar-refractivity contribution in [3.63, 3.8) is 0 Å². The number of carbonyl (C=O) groups is 2. The van der Waals surface area contributed by atoms with Crippen LogP contribution in [0.2, 0.25) is 0 Å². The van der Waals surface area contributed by atoms with Crippen molar-refractivity contribution in [2.75, 3.05) is 6.54 Å². The molecule has 1 unspecified atom stereocenters. The number of nitrogens with one attached hydrogen (secondary N) is 1. The van der Waals surface area contributed by atoms with Crippen LogP contribution >= 0.6 is 0 Å². The SMILES string of the molecule is CC1CCNC(=O)N(C23CC4CC(CC(C4)C2)C3)C1=O. The van der Waals surface area contributed by atoms with Crippen molar-refractivity contribution in [2.24, 2.45) is 23.7 Å². The first-order valence-electron chi connectivity index (χ1n) is 8.19. The second-order valence-electron chi connectivity index (χ2n) is 7.74. The molecule has 1 atom stereocenters. The van der Waals surface area contributed by atoms with Crippen molar-refractivity contribution in [3.8, 4) is 0 Å². The Bertz CT molecular complexity index is 424. The van der Waals surface area contributed by atoms with Crippen LogP contribution in [0.15, 0.2) is 0 Å². The highest BCUT2D eigenvalue weighted by molar-refractivity contribution is 5.97. The maximum absolute atomic E-state index is 12.7. The van der Waals surface area contributed by atoms with Crippen LogP contribution in [0.1, 0.15) is 51.9 Å². The van der Waals surface area contributed by atoms with Crippen LogP contribution in [0.25, 0.3) is 0 Å². The van der Waals surface area contributed by atoms with Crippen molar-refractivity contribution >= 4 is 11.9 Å². The average Bonchev–Trinajstić information content (AvgIpc) is 2.48. The van der Waals surface area contributed by atoms with Crippen LogP contribution < -0.4 is 5.32 Å². The molecule has 1 N–H and O–H groups in total. The summed E-state index contributed by atoms with van der Waals surface area (Å²) in [5.41, 5.74) is -0.144. The molecule has 5 aliphatic rings. The molecule has 5 rings (SSSR count). The lowest BCUT2D eigenvalue weighted by molar-refractivity contribution is -0.146. The van der Waals surface area contributed by atoms with Crippen LogP contribution in [0.3, 0.4) is 0 Å². The molecule has 4 saturated carbocycles. The molecule has 5 fully saturated rings. The van der Waals surface area contributed by atoms with E-state index in [0.717, 1.165) is 43.4 Å². The van der Waals surface area contributed by atoms with Gasteiger partial charge in [0.05, 0.1) is 5.54 Å². The summed E-state index contributed by atoms with van der Waals surface area (Å²) >= 11 is 0. The largest absolute Gasteiger partial charge is 0.338 e. The van der Waals surface area contributed by atoms with Gasteiger partial charge in [-0.25, -0.2) is 4.79 Å². The molecule has 1 saturated heterocycles. The Balaban J connectivity index is 1.71. The molecule has 20 heavy (non-hydrogen) atoms. The molecule has 4 aliphatic carbocycles. The molecule has 4 bridgehead atoms. The quantitative estimate of drug-likeness (QED) is 0.800. The van der Waals surface area contributed by atoms with Crippen molar-refractivity contribution in [3.05, 3.63) is 0 Å². The van der Waals surface area contributed by atoms with Crippen LogP contribution in [0, 0.1) is 23.7 Å². The second kappa shape index (κ2) is 4.22. The van der Waals surface area contributed by atoms with Gasteiger partial charge < -0.3 is 5.32 Å². The monoisotopic (exact) mass is 276 g/mol. The van der Waals surface area contributed by atoms with Crippen LogP contribution in [0.5, 0.6) is 0 Å². The molecule has 0 aromatic heterocycles. The van der Waals surface area contributed by atoms with E-state index >= 15 is 0 Å². The maximum atomic E-state index is 12.7. The minimum atomic E-state index is -0.144. The summed E-state index contributed by atoms with van der Waals surface area (Å²) in [4.78, 5) is 26.9. The predicted octanol–water partition coefficient (Wildman–Crippen LogP) is 2.53. The summed E-state index contributed by atoms with van der Waals surface area (Å²) in [5, 5.41) is 2.95. The highest BCUT2D eigenvalue weighted by atomic mass is 16.2. The third-order valence-electron chi connectivity index (χ3n) is 6.18. The summed E-state index contributed by atoms with van der Waals surface area (Å²) in [6.45, 7) is 2.60. The number of hydrogen-bond donors (Lipinski definition) is 1. The zero-order valence-corrected chi connectivity index (χ0v) is 12.2. The Hall–Kier alpha value is -1.06. The summed E-state index contributed by atoms with van der Waals surface area (Å²) in [6, 6.07) is -0.124. The average molecular weight is 276 g/mol. The summed E-state index contributed by atoms with van der Waals surface area (Å²) in [6.07, 6.45) is 7.95. The van der Waals surface area contributed by atoms with Gasteiger partial charge in [-0.15, -0.1) is 0 Å². The van der Waals surface area contributed by atoms with Gasteiger partial charge in [-0.3, -0.25) is 9.69 Å². The van der Waals surface area contributed by atoms with Gasteiger partial charge in [0.15, 0.2) is 0 Å². The van der Waals surface area contributed by atoms with Gasteiger partial charge in [0.25, 0.3) is 0 Å². The Kier molecular flexibility index (Phi) is 2.67. The summed E-state index contributed by atoms with van der Waals surface area (Å²) < 4.78 is 0. The lowest BCUT2D eigenvalue weighted by Gasteiger charge is -2.59. The van der Waals surface area contributed by atoms with Crippen LogP contribution in [-0.4, -0.2) is 28.9 Å². The van der Waals surface area contributed by atoms with Crippen molar-refractivity contribution in [2.45, 2.75) is 57.4 Å². The third kappa shape index (κ3) is 1.73. The van der Waals surface area contributed by atoms with E-state index in [2.05, 4.69) is 5.32 Å². The molecule has 1 heterocycles. The van der Waals surface area contributed by atoms with Gasteiger partial charge in [-0.2, -0.15) is 0 Å². The topological polar surface area (TPSA) is 49.4 Å². The molecular formula is C16H24N2O2. The van der Waals surface area contributed by atoms with E-state index in [4.69, 9.17) is 0 Å². The molecule has 0 radical (unpaired) electrons. The van der Waals surface area contributed by atoms with E-state index in [1.165, 1.54) is 19.3 Å². The predicted molar refractivity (Wildman–Crippen MR) is 74.9 cm³/mol. The van der Waals surface area contributed by atoms with Gasteiger partial charge >= 0.3 is 6.03 Å². The van der Waals surface area contributed by atoms with E-state index in [1.54, 1.807) is 4.90 Å². The molecular weight excluding hydrogens is 252 g/mol. The molecule has 3 amide bonds. The molecule has 1 aliphatic heterocycles. The van der Waals surface area contributed by atoms with Crippen LogP contribution in [0.4, 0.5) is 4.79 Å². The van der Waals surface area contributed by atoms with Gasteiger partial charge in [0, 0.05) is 12.5 Å². The van der Waals surface area contributed by atoms with Crippen LogP contribution in [-0.2, 0) is 4.79 Å². The first-order chi connectivity index (χ1) is 9.57. The number of hydrogen-bond acceptors (Lipinski definition) is 2. The number of amides is 3. The third-order valence-corrected chi connectivity index (χ3v) is 6.18. The number of imide groups is 1. The lowest BCUT2D eigenvalue weighted by atomic mass is 9.52. The normalized spacial score (nSPS) is 47.4. The number of carbonyl (C=O) groups excluding carboxylic acids is 2. The minimum Gasteiger partial charge on any atom is -0.338 e. The number of rotatable bonds is 1. The first kappa shape index (κ1) is 12.7. The van der Waals surface area contributed by atoms with E-state index in [0.29, 0.717) is 6.54 Å². The Morgan fingerprint density at radius 2 is 1.60 bits per heavy atom. The fraction of sp³-hybridized carbons (Fsp3) is 0.875. The van der Waals surface area contributed by atoms with Gasteiger partial charge in [-0.05, 0) is 62.7 Å². The van der Waals surface area contributed by atoms with Gasteiger partial charge in [0.1, 0.15) is 0 Å². The van der Waals surface area contributed by atoms with E-state index in [9.17, 15) is 9.59 Å². The number of nitrogens with zero attached hydrogens (tertiary/aromatic N) is 1. The Morgan fingerprint density at radius 3 is 2.15 bits per heavy atom. The highest BCUT2D eigenvalue weighted by Gasteiger charge is 2.57. The zero-order valence-electron chi connectivity index (χ0n) is 12.2. The molecule has 4 nitrogen and oxygen atoms in total. The minimum absolute atomic E-state index is 0.0260. The van der Waals surface area contributed by atoms with E-state index in [1.807, 2.05) is 6.92 Å². The van der Waals surface area contributed by atoms with Crippen molar-refractivity contribution < 1.29 is 9.59 Å². The van der Waals surface area contributed by atoms with Crippen molar-refractivity contribution in [1.82, 2.24) is 10.2 Å². The first-order valence-corrected chi connectivity index (χ1v) is 8.19. The van der Waals surface area contributed by atoms with E-state index < -0.39 is 0 Å². The summed E-state index contributed by atoms with van der Waals surface area (Å²) in [5.74, 6) is 2.30.